The predicted molar refractivity (Wildman–Crippen MR) is 113 cm³/mol. The van der Waals surface area contributed by atoms with Crippen molar-refractivity contribution in [1.29, 1.82) is 0 Å². The molecular formula is C21H30N2O2S2. The van der Waals surface area contributed by atoms with E-state index in [1.54, 1.807) is 22.7 Å². The Kier molecular flexibility index (Phi) is 6.11. The van der Waals surface area contributed by atoms with Crippen LogP contribution in [0.1, 0.15) is 56.3 Å². The highest BCUT2D eigenvalue weighted by Crippen LogP contribution is 2.40. The Labute approximate surface area is 170 Å². The van der Waals surface area contributed by atoms with E-state index in [-0.39, 0.29) is 23.4 Å². The first-order chi connectivity index (χ1) is 12.7. The van der Waals surface area contributed by atoms with Crippen LogP contribution >= 0.6 is 22.7 Å². The number of amides is 1. The number of hydrogen-bond donors (Lipinski definition) is 2. The zero-order valence-corrected chi connectivity index (χ0v) is 18.2. The summed E-state index contributed by atoms with van der Waals surface area (Å²) in [6, 6.07) is 8.01. The van der Waals surface area contributed by atoms with Crippen molar-refractivity contribution in [3.8, 4) is 0 Å². The third kappa shape index (κ3) is 5.19. The van der Waals surface area contributed by atoms with Crippen LogP contribution < -0.4 is 5.32 Å². The lowest BCUT2D eigenvalue weighted by Gasteiger charge is -2.48. The Morgan fingerprint density at radius 3 is 2.59 bits per heavy atom. The molecule has 1 saturated heterocycles. The van der Waals surface area contributed by atoms with E-state index in [0.29, 0.717) is 12.8 Å². The summed E-state index contributed by atoms with van der Waals surface area (Å²) in [5.74, 6) is 0.00676. The highest BCUT2D eigenvalue weighted by molar-refractivity contribution is 7.10. The quantitative estimate of drug-likeness (QED) is 0.772. The first kappa shape index (κ1) is 20.5. The molecule has 27 heavy (non-hydrogen) atoms. The number of aliphatic hydroxyl groups is 1. The van der Waals surface area contributed by atoms with Gasteiger partial charge in [-0.2, -0.15) is 0 Å². The highest BCUT2D eigenvalue weighted by atomic mass is 32.1. The van der Waals surface area contributed by atoms with Gasteiger partial charge in [0, 0.05) is 29.3 Å². The van der Waals surface area contributed by atoms with Crippen LogP contribution in [0.15, 0.2) is 35.0 Å². The molecule has 2 aromatic heterocycles. The largest absolute Gasteiger partial charge is 0.388 e. The summed E-state index contributed by atoms with van der Waals surface area (Å²) in [7, 11) is 0. The van der Waals surface area contributed by atoms with Crippen molar-refractivity contribution in [2.75, 3.05) is 6.54 Å². The average molecular weight is 407 g/mol. The molecule has 0 bridgehead atoms. The number of carbonyl (C=O) groups is 1. The molecule has 3 heterocycles. The Hall–Kier alpha value is -1.21. The maximum atomic E-state index is 12.7. The molecule has 0 aromatic carbocycles. The molecule has 2 N–H and O–H groups in total. The van der Waals surface area contributed by atoms with Crippen molar-refractivity contribution in [2.45, 2.75) is 64.8 Å². The van der Waals surface area contributed by atoms with Gasteiger partial charge in [-0.15, -0.1) is 22.7 Å². The summed E-state index contributed by atoms with van der Waals surface area (Å²) in [4.78, 5) is 17.6. The molecule has 1 amide bonds. The minimum atomic E-state index is -0.936. The molecule has 6 heteroatoms. The SMILES string of the molecule is CC(C)(C)CC(=O)NC1C(c2cccs2)N(Cc2cccs2)CCC1(C)O. The van der Waals surface area contributed by atoms with Crippen LogP contribution in [-0.2, 0) is 11.3 Å². The van der Waals surface area contributed by atoms with E-state index in [1.165, 1.54) is 9.75 Å². The number of piperidine rings is 1. The Morgan fingerprint density at radius 1 is 1.30 bits per heavy atom. The van der Waals surface area contributed by atoms with Crippen LogP contribution in [0.4, 0.5) is 0 Å². The van der Waals surface area contributed by atoms with E-state index in [0.717, 1.165) is 13.1 Å². The van der Waals surface area contributed by atoms with E-state index >= 15 is 0 Å². The fourth-order valence-electron chi connectivity index (χ4n) is 3.74. The molecule has 3 rings (SSSR count). The maximum absolute atomic E-state index is 12.7. The number of carbonyl (C=O) groups excluding carboxylic acids is 1. The molecule has 2 aromatic rings. The standard InChI is InChI=1S/C21H30N2O2S2/c1-20(2,3)13-17(24)22-19-18(16-8-6-12-27-16)23(10-9-21(19,4)25)14-15-7-5-11-26-15/h5-8,11-12,18-19,25H,9-10,13-14H2,1-4H3,(H,22,24). The molecule has 0 radical (unpaired) electrons. The molecule has 1 fully saturated rings. The van der Waals surface area contributed by atoms with Crippen molar-refractivity contribution in [3.05, 3.63) is 44.8 Å². The van der Waals surface area contributed by atoms with Gasteiger partial charge in [-0.1, -0.05) is 32.9 Å². The number of nitrogens with one attached hydrogen (secondary N) is 1. The molecular weight excluding hydrogens is 376 g/mol. The summed E-state index contributed by atoms with van der Waals surface area (Å²) in [6.45, 7) is 9.68. The Balaban J connectivity index is 1.88. The van der Waals surface area contributed by atoms with E-state index in [1.807, 2.05) is 13.0 Å². The summed E-state index contributed by atoms with van der Waals surface area (Å²) < 4.78 is 0. The average Bonchev–Trinajstić information content (AvgIpc) is 3.22. The zero-order chi connectivity index (χ0) is 19.7. The van der Waals surface area contributed by atoms with Crippen LogP contribution in [0.3, 0.4) is 0 Å². The minimum Gasteiger partial charge on any atom is -0.388 e. The summed E-state index contributed by atoms with van der Waals surface area (Å²) in [5.41, 5.74) is -1.02. The molecule has 3 unspecified atom stereocenters. The van der Waals surface area contributed by atoms with Crippen LogP contribution in [-0.4, -0.2) is 34.1 Å². The number of rotatable bonds is 5. The van der Waals surface area contributed by atoms with Crippen molar-refractivity contribution >= 4 is 28.6 Å². The van der Waals surface area contributed by atoms with E-state index in [2.05, 4.69) is 59.9 Å². The van der Waals surface area contributed by atoms with Crippen LogP contribution in [0, 0.1) is 5.41 Å². The monoisotopic (exact) mass is 406 g/mol. The molecule has 0 aliphatic carbocycles. The van der Waals surface area contributed by atoms with Gasteiger partial charge in [-0.3, -0.25) is 9.69 Å². The summed E-state index contributed by atoms with van der Waals surface area (Å²) in [5, 5.41) is 18.5. The van der Waals surface area contributed by atoms with Crippen LogP contribution in [0.5, 0.6) is 0 Å². The smallest absolute Gasteiger partial charge is 0.220 e. The van der Waals surface area contributed by atoms with E-state index < -0.39 is 5.60 Å². The molecule has 1 aliphatic heterocycles. The van der Waals surface area contributed by atoms with Gasteiger partial charge in [0.1, 0.15) is 0 Å². The van der Waals surface area contributed by atoms with Crippen LogP contribution in [0.2, 0.25) is 0 Å². The first-order valence-electron chi connectivity index (χ1n) is 9.47. The fourth-order valence-corrected chi connectivity index (χ4v) is 5.37. The van der Waals surface area contributed by atoms with Gasteiger partial charge in [0.05, 0.1) is 17.7 Å². The normalized spacial score (nSPS) is 26.9. The Morgan fingerprint density at radius 2 is 2.00 bits per heavy atom. The lowest BCUT2D eigenvalue weighted by molar-refractivity contribution is -0.130. The molecule has 1 aliphatic rings. The van der Waals surface area contributed by atoms with E-state index in [4.69, 9.17) is 0 Å². The van der Waals surface area contributed by atoms with E-state index in [9.17, 15) is 9.90 Å². The van der Waals surface area contributed by atoms with Crippen LogP contribution in [0.25, 0.3) is 0 Å². The van der Waals surface area contributed by atoms with Crippen molar-refractivity contribution in [1.82, 2.24) is 10.2 Å². The molecule has 0 spiro atoms. The highest BCUT2D eigenvalue weighted by Gasteiger charge is 2.46. The molecule has 0 saturated carbocycles. The third-order valence-electron chi connectivity index (χ3n) is 5.07. The number of thiophene rings is 2. The maximum Gasteiger partial charge on any atom is 0.220 e. The third-order valence-corrected chi connectivity index (χ3v) is 6.87. The van der Waals surface area contributed by atoms with Gasteiger partial charge in [0.2, 0.25) is 5.91 Å². The summed E-state index contributed by atoms with van der Waals surface area (Å²) >= 11 is 3.44. The lowest BCUT2D eigenvalue weighted by Crippen LogP contribution is -2.62. The second kappa shape index (κ2) is 8.03. The molecule has 148 valence electrons. The van der Waals surface area contributed by atoms with Gasteiger partial charge in [-0.05, 0) is 41.7 Å². The molecule has 3 atom stereocenters. The van der Waals surface area contributed by atoms with Gasteiger partial charge in [0.25, 0.3) is 0 Å². The minimum absolute atomic E-state index is 0.00676. The number of nitrogens with zero attached hydrogens (tertiary/aromatic N) is 1. The van der Waals surface area contributed by atoms with Gasteiger partial charge < -0.3 is 10.4 Å². The second-order valence-electron chi connectivity index (χ2n) is 8.90. The van der Waals surface area contributed by atoms with Gasteiger partial charge >= 0.3 is 0 Å². The first-order valence-corrected chi connectivity index (χ1v) is 11.2. The van der Waals surface area contributed by atoms with Gasteiger partial charge in [-0.25, -0.2) is 0 Å². The van der Waals surface area contributed by atoms with Crippen molar-refractivity contribution in [3.63, 3.8) is 0 Å². The second-order valence-corrected chi connectivity index (χ2v) is 10.9. The predicted octanol–water partition coefficient (Wildman–Crippen LogP) is 4.43. The Bertz CT molecular complexity index is 733. The number of likely N-dealkylation sites (tertiary alicyclic amines) is 1. The fraction of sp³-hybridized carbons (Fsp3) is 0.571. The van der Waals surface area contributed by atoms with Gasteiger partial charge in [0.15, 0.2) is 0 Å². The lowest BCUT2D eigenvalue weighted by atomic mass is 9.81. The molecule has 4 nitrogen and oxygen atoms in total. The van der Waals surface area contributed by atoms with Crippen molar-refractivity contribution in [2.24, 2.45) is 5.41 Å². The van der Waals surface area contributed by atoms with Crippen molar-refractivity contribution < 1.29 is 9.90 Å². The topological polar surface area (TPSA) is 52.6 Å². The zero-order valence-electron chi connectivity index (χ0n) is 16.6. The summed E-state index contributed by atoms with van der Waals surface area (Å²) in [6.07, 6.45) is 1.09. The number of hydrogen-bond acceptors (Lipinski definition) is 5.